The minimum absolute atomic E-state index is 0.00367. The molecule has 23 heavy (non-hydrogen) atoms. The van der Waals surface area contributed by atoms with Crippen molar-refractivity contribution < 1.29 is 9.53 Å². The number of hydrogen-bond donors (Lipinski definition) is 1. The number of rotatable bonds is 3. The molecule has 0 radical (unpaired) electrons. The van der Waals surface area contributed by atoms with Crippen molar-refractivity contribution in [2.24, 2.45) is 0 Å². The van der Waals surface area contributed by atoms with Crippen LogP contribution in [0.15, 0.2) is 24.3 Å². The lowest BCUT2D eigenvalue weighted by atomic mass is 10.1. The molecule has 1 aliphatic rings. The summed E-state index contributed by atoms with van der Waals surface area (Å²) in [5, 5.41) is 2.86. The predicted octanol–water partition coefficient (Wildman–Crippen LogP) is 3.53. The van der Waals surface area contributed by atoms with E-state index in [0.717, 1.165) is 5.56 Å². The van der Waals surface area contributed by atoms with Crippen LogP contribution in [0.4, 0.5) is 0 Å². The predicted molar refractivity (Wildman–Crippen MR) is 94.3 cm³/mol. The number of alkyl halides is 3. The Labute approximate surface area is 152 Å². The number of nitrogens with zero attached hydrogens (tertiary/aromatic N) is 1. The minimum Gasteiger partial charge on any atom is -0.373 e. The van der Waals surface area contributed by atoms with Gasteiger partial charge in [-0.05, 0) is 32.4 Å². The molecule has 0 aliphatic carbocycles. The lowest BCUT2D eigenvalue weighted by molar-refractivity contribution is -0.0826. The summed E-state index contributed by atoms with van der Waals surface area (Å²) in [6.07, 6.45) is -0.721. The smallest absolute Gasteiger partial charge is 0.252 e. The van der Waals surface area contributed by atoms with Crippen molar-refractivity contribution in [3.63, 3.8) is 0 Å². The molecular weight excluding hydrogens is 359 g/mol. The zero-order valence-corrected chi connectivity index (χ0v) is 15.6. The molecule has 1 saturated heterocycles. The minimum atomic E-state index is -1.64. The Morgan fingerprint density at radius 1 is 1.26 bits per heavy atom. The van der Waals surface area contributed by atoms with E-state index in [-0.39, 0.29) is 18.1 Å². The fourth-order valence-corrected chi connectivity index (χ4v) is 3.42. The van der Waals surface area contributed by atoms with Crippen LogP contribution in [-0.2, 0) is 4.74 Å². The molecule has 1 amide bonds. The second-order valence-corrected chi connectivity index (χ2v) is 8.31. The highest BCUT2D eigenvalue weighted by Gasteiger charge is 2.41. The van der Waals surface area contributed by atoms with Crippen LogP contribution < -0.4 is 5.32 Å². The Hall–Kier alpha value is -0.520. The molecule has 1 fully saturated rings. The van der Waals surface area contributed by atoms with Gasteiger partial charge in [-0.3, -0.25) is 9.69 Å². The first kappa shape index (κ1) is 18.8. The summed E-state index contributed by atoms with van der Waals surface area (Å²) in [5.74, 6) is -0.258. The SMILES string of the molecule is Cc1ccccc1C(=O)N[C@@H](N1C[C@@H](C)O[C@H](C)C1)C(Cl)(Cl)Cl. The Bertz CT molecular complexity index is 553. The van der Waals surface area contributed by atoms with Gasteiger partial charge in [0.25, 0.3) is 5.91 Å². The monoisotopic (exact) mass is 378 g/mol. The molecule has 0 bridgehead atoms. The highest BCUT2D eigenvalue weighted by Crippen LogP contribution is 2.33. The number of nitrogens with one attached hydrogen (secondary N) is 1. The second-order valence-electron chi connectivity index (χ2n) is 5.94. The van der Waals surface area contributed by atoms with E-state index in [0.29, 0.717) is 18.7 Å². The van der Waals surface area contributed by atoms with Crippen molar-refractivity contribution in [3.05, 3.63) is 35.4 Å². The average Bonchev–Trinajstić information content (AvgIpc) is 2.42. The number of hydrogen-bond acceptors (Lipinski definition) is 3. The molecule has 7 heteroatoms. The Balaban J connectivity index is 2.20. The average molecular weight is 380 g/mol. The Kier molecular flexibility index (Phi) is 6.20. The van der Waals surface area contributed by atoms with Crippen molar-refractivity contribution in [1.29, 1.82) is 0 Å². The summed E-state index contributed by atoms with van der Waals surface area (Å²) < 4.78 is 4.06. The number of ether oxygens (including phenoxy) is 1. The maximum atomic E-state index is 12.6. The van der Waals surface area contributed by atoms with Crippen LogP contribution in [-0.4, -0.2) is 46.1 Å². The third kappa shape index (κ3) is 4.97. The van der Waals surface area contributed by atoms with Gasteiger partial charge >= 0.3 is 0 Å². The number of carbonyl (C=O) groups excluding carboxylic acids is 1. The molecule has 1 heterocycles. The Morgan fingerprint density at radius 2 is 1.83 bits per heavy atom. The van der Waals surface area contributed by atoms with Crippen molar-refractivity contribution in [2.75, 3.05) is 13.1 Å². The number of benzene rings is 1. The van der Waals surface area contributed by atoms with Gasteiger partial charge in [-0.15, -0.1) is 0 Å². The molecular formula is C16H21Cl3N2O2. The van der Waals surface area contributed by atoms with Crippen LogP contribution in [0.5, 0.6) is 0 Å². The quantitative estimate of drug-likeness (QED) is 0.817. The zero-order valence-electron chi connectivity index (χ0n) is 13.4. The standard InChI is InChI=1S/C16H21Cl3N2O2/c1-10-6-4-5-7-13(10)14(22)20-15(16(17,18)19)21-8-11(2)23-12(3)9-21/h4-7,11-12,15H,8-9H2,1-3H3,(H,20,22)/t11-,12-,15+/m1/s1. The maximum absolute atomic E-state index is 12.6. The molecule has 1 aromatic carbocycles. The largest absolute Gasteiger partial charge is 0.373 e. The highest BCUT2D eigenvalue weighted by molar-refractivity contribution is 6.68. The van der Waals surface area contributed by atoms with Crippen molar-refractivity contribution in [2.45, 2.75) is 42.9 Å². The van der Waals surface area contributed by atoms with Gasteiger partial charge in [0, 0.05) is 18.7 Å². The summed E-state index contributed by atoms with van der Waals surface area (Å²) in [6.45, 7) is 6.95. The van der Waals surface area contributed by atoms with Crippen molar-refractivity contribution in [1.82, 2.24) is 10.2 Å². The molecule has 3 atom stereocenters. The first-order valence-electron chi connectivity index (χ1n) is 7.51. The molecule has 0 spiro atoms. The molecule has 1 aliphatic heterocycles. The molecule has 0 unspecified atom stereocenters. The van der Waals surface area contributed by atoms with Gasteiger partial charge in [0.05, 0.1) is 12.2 Å². The van der Waals surface area contributed by atoms with E-state index in [1.165, 1.54) is 0 Å². The van der Waals surface area contributed by atoms with Gasteiger partial charge in [-0.2, -0.15) is 0 Å². The zero-order chi connectivity index (χ0) is 17.2. The van der Waals surface area contributed by atoms with Crippen molar-refractivity contribution >= 4 is 40.7 Å². The van der Waals surface area contributed by atoms with E-state index in [2.05, 4.69) is 5.32 Å². The van der Waals surface area contributed by atoms with E-state index in [4.69, 9.17) is 39.5 Å². The molecule has 1 N–H and O–H groups in total. The van der Waals surface area contributed by atoms with Crippen LogP contribution in [0.25, 0.3) is 0 Å². The molecule has 4 nitrogen and oxygen atoms in total. The number of morpholine rings is 1. The van der Waals surface area contributed by atoms with Crippen LogP contribution in [0.1, 0.15) is 29.8 Å². The topological polar surface area (TPSA) is 41.6 Å². The van der Waals surface area contributed by atoms with E-state index in [1.807, 2.05) is 43.9 Å². The van der Waals surface area contributed by atoms with Crippen LogP contribution >= 0.6 is 34.8 Å². The van der Waals surface area contributed by atoms with Crippen LogP contribution in [0.3, 0.4) is 0 Å². The summed E-state index contributed by atoms with van der Waals surface area (Å²) >= 11 is 18.4. The van der Waals surface area contributed by atoms with Gasteiger partial charge in [-0.1, -0.05) is 53.0 Å². The third-order valence-electron chi connectivity index (χ3n) is 3.78. The van der Waals surface area contributed by atoms with Gasteiger partial charge in [0.1, 0.15) is 6.17 Å². The molecule has 128 valence electrons. The first-order chi connectivity index (χ1) is 10.7. The highest BCUT2D eigenvalue weighted by atomic mass is 35.6. The number of amides is 1. The summed E-state index contributed by atoms with van der Waals surface area (Å²) in [4.78, 5) is 14.5. The van der Waals surface area contributed by atoms with Gasteiger partial charge in [-0.25, -0.2) is 0 Å². The second kappa shape index (κ2) is 7.58. The lowest BCUT2D eigenvalue weighted by Crippen LogP contribution is -2.60. The van der Waals surface area contributed by atoms with Crippen LogP contribution in [0, 0.1) is 6.92 Å². The first-order valence-corrected chi connectivity index (χ1v) is 8.64. The number of carbonyl (C=O) groups is 1. The van der Waals surface area contributed by atoms with Gasteiger partial charge in [0.2, 0.25) is 3.79 Å². The summed E-state index contributed by atoms with van der Waals surface area (Å²) in [6, 6.07) is 7.32. The molecule has 0 saturated carbocycles. The normalized spacial score (nSPS) is 24.3. The van der Waals surface area contributed by atoms with E-state index in [9.17, 15) is 4.79 Å². The van der Waals surface area contributed by atoms with Gasteiger partial charge < -0.3 is 10.1 Å². The fourth-order valence-electron chi connectivity index (χ4n) is 2.84. The van der Waals surface area contributed by atoms with E-state index >= 15 is 0 Å². The van der Waals surface area contributed by atoms with Crippen LogP contribution in [0.2, 0.25) is 0 Å². The van der Waals surface area contributed by atoms with Gasteiger partial charge in [0.15, 0.2) is 0 Å². The number of halogens is 3. The fraction of sp³-hybridized carbons (Fsp3) is 0.562. The molecule has 1 aromatic rings. The summed E-state index contributed by atoms with van der Waals surface area (Å²) in [5.41, 5.74) is 1.44. The third-order valence-corrected chi connectivity index (χ3v) is 4.40. The molecule has 0 aromatic heterocycles. The van der Waals surface area contributed by atoms with E-state index in [1.54, 1.807) is 6.07 Å². The number of aryl methyl sites for hydroxylation is 1. The maximum Gasteiger partial charge on any atom is 0.252 e. The summed E-state index contributed by atoms with van der Waals surface area (Å²) in [7, 11) is 0. The van der Waals surface area contributed by atoms with Crippen molar-refractivity contribution in [3.8, 4) is 0 Å². The lowest BCUT2D eigenvalue weighted by Gasteiger charge is -2.42. The Morgan fingerprint density at radius 3 is 2.35 bits per heavy atom. The molecule has 2 rings (SSSR count). The van der Waals surface area contributed by atoms with E-state index < -0.39 is 9.96 Å².